The van der Waals surface area contributed by atoms with E-state index in [4.69, 9.17) is 9.47 Å². The molecule has 1 fully saturated rings. The molecule has 0 aromatic rings. The zero-order valence-corrected chi connectivity index (χ0v) is 15.9. The molecule has 0 aromatic carbocycles. The summed E-state index contributed by atoms with van der Waals surface area (Å²) in [5, 5.41) is 12.0. The zero-order valence-electron chi connectivity index (χ0n) is 15.9. The van der Waals surface area contributed by atoms with Gasteiger partial charge in [0.15, 0.2) is 0 Å². The number of ether oxygens (including phenoxy) is 2. The summed E-state index contributed by atoms with van der Waals surface area (Å²) in [5.41, 5.74) is 0.897. The number of esters is 1. The minimum absolute atomic E-state index is 0.0137. The summed E-state index contributed by atoms with van der Waals surface area (Å²) in [6, 6.07) is 0. The third kappa shape index (κ3) is 4.56. The molecule has 0 radical (unpaired) electrons. The first kappa shape index (κ1) is 20.3. The average Bonchev–Trinajstić information content (AvgIpc) is 2.88. The van der Waals surface area contributed by atoms with Crippen LogP contribution in [0.1, 0.15) is 53.4 Å². The van der Waals surface area contributed by atoms with Crippen LogP contribution in [0.5, 0.6) is 0 Å². The van der Waals surface area contributed by atoms with Crippen molar-refractivity contribution in [2.24, 2.45) is 23.2 Å². The first-order valence-corrected chi connectivity index (χ1v) is 9.23. The highest BCUT2D eigenvalue weighted by Crippen LogP contribution is 2.59. The van der Waals surface area contributed by atoms with E-state index in [1.54, 1.807) is 13.8 Å². The molecule has 7 nitrogen and oxygen atoms in total. The summed E-state index contributed by atoms with van der Waals surface area (Å²) < 4.78 is 10.0. The fraction of sp³-hybridized carbons (Fsp3) is 0.737. The van der Waals surface area contributed by atoms with Gasteiger partial charge < -0.3 is 19.9 Å². The molecule has 1 amide bonds. The monoisotopic (exact) mass is 367 g/mol. The third-order valence-corrected chi connectivity index (χ3v) is 5.39. The average molecular weight is 367 g/mol. The largest absolute Gasteiger partial charge is 0.481 e. The van der Waals surface area contributed by atoms with Crippen LogP contribution in [0.15, 0.2) is 11.6 Å². The molecular weight excluding hydrogens is 338 g/mol. The highest BCUT2D eigenvalue weighted by Gasteiger charge is 2.55. The molecule has 7 heteroatoms. The van der Waals surface area contributed by atoms with Crippen LogP contribution in [-0.2, 0) is 19.1 Å². The third-order valence-electron chi connectivity index (χ3n) is 5.39. The molecule has 0 bridgehead atoms. The van der Waals surface area contributed by atoms with Crippen LogP contribution in [-0.4, -0.2) is 36.0 Å². The molecule has 0 saturated heterocycles. The number of aliphatic carboxylic acids is 1. The summed E-state index contributed by atoms with van der Waals surface area (Å²) in [4.78, 5) is 34.8. The van der Waals surface area contributed by atoms with Gasteiger partial charge in [0, 0.05) is 18.9 Å². The van der Waals surface area contributed by atoms with Gasteiger partial charge >= 0.3 is 18.0 Å². The van der Waals surface area contributed by atoms with Gasteiger partial charge in [-0.15, -0.1) is 0 Å². The predicted molar refractivity (Wildman–Crippen MR) is 94.1 cm³/mol. The maximum absolute atomic E-state index is 12.0. The molecule has 0 aliphatic heterocycles. The molecule has 2 aliphatic carbocycles. The predicted octanol–water partition coefficient (Wildman–Crippen LogP) is 3.10. The summed E-state index contributed by atoms with van der Waals surface area (Å²) in [5.74, 6) is -0.955. The van der Waals surface area contributed by atoms with E-state index in [2.05, 4.69) is 18.3 Å². The summed E-state index contributed by atoms with van der Waals surface area (Å²) >= 11 is 0. The molecule has 0 unspecified atom stereocenters. The van der Waals surface area contributed by atoms with Crippen molar-refractivity contribution in [3.8, 4) is 0 Å². The lowest BCUT2D eigenvalue weighted by Crippen LogP contribution is -2.53. The van der Waals surface area contributed by atoms with E-state index in [9.17, 15) is 19.5 Å². The van der Waals surface area contributed by atoms with Gasteiger partial charge in [-0.3, -0.25) is 9.59 Å². The lowest BCUT2D eigenvalue weighted by Gasteiger charge is -2.51. The van der Waals surface area contributed by atoms with Crippen molar-refractivity contribution in [2.75, 3.05) is 6.54 Å². The van der Waals surface area contributed by atoms with Crippen molar-refractivity contribution in [2.45, 2.75) is 59.7 Å². The quantitative estimate of drug-likeness (QED) is 0.388. The molecule has 2 rings (SSSR count). The lowest BCUT2D eigenvalue weighted by atomic mass is 9.53. The number of fused-ring (bicyclic) bond motifs is 1. The molecule has 2 aliphatic rings. The zero-order chi connectivity index (χ0) is 19.5. The summed E-state index contributed by atoms with van der Waals surface area (Å²) in [6.07, 6.45) is 3.28. The van der Waals surface area contributed by atoms with E-state index in [-0.39, 0.29) is 24.8 Å². The second-order valence-electron chi connectivity index (χ2n) is 7.72. The Labute approximate surface area is 154 Å². The number of carbonyl (C=O) groups is 3. The molecule has 0 heterocycles. The number of carbonyl (C=O) groups excluding carboxylic acids is 2. The fourth-order valence-electron chi connectivity index (χ4n) is 4.07. The van der Waals surface area contributed by atoms with Gasteiger partial charge in [0.05, 0.1) is 12.3 Å². The van der Waals surface area contributed by atoms with Crippen LogP contribution in [0.3, 0.4) is 0 Å². The second kappa shape index (κ2) is 8.10. The van der Waals surface area contributed by atoms with Gasteiger partial charge in [-0.05, 0) is 31.1 Å². The lowest BCUT2D eigenvalue weighted by molar-refractivity contribution is -0.169. The number of alkyl carbamates (subject to hydrolysis) is 1. The molecule has 0 spiro atoms. The van der Waals surface area contributed by atoms with E-state index in [1.807, 2.05) is 0 Å². The van der Waals surface area contributed by atoms with E-state index in [0.29, 0.717) is 5.92 Å². The number of allylic oxidation sites excluding steroid dienone is 2. The number of amides is 1. The molecule has 2 N–H and O–H groups in total. The van der Waals surface area contributed by atoms with Gasteiger partial charge in [-0.1, -0.05) is 32.4 Å². The number of rotatable bonds is 8. The maximum Gasteiger partial charge on any atom is 0.410 e. The Morgan fingerprint density at radius 2 is 2.00 bits per heavy atom. The van der Waals surface area contributed by atoms with Crippen molar-refractivity contribution in [3.63, 3.8) is 0 Å². The highest BCUT2D eigenvalue weighted by atomic mass is 16.7. The van der Waals surface area contributed by atoms with Gasteiger partial charge in [0.1, 0.15) is 0 Å². The van der Waals surface area contributed by atoms with Crippen LogP contribution in [0.4, 0.5) is 4.79 Å². The number of hydrogen-bond acceptors (Lipinski definition) is 5. The Balaban J connectivity index is 1.90. The molecule has 1 saturated carbocycles. The Kier molecular flexibility index (Phi) is 6.31. The summed E-state index contributed by atoms with van der Waals surface area (Å²) in [7, 11) is 0. The van der Waals surface area contributed by atoms with Gasteiger partial charge in [-0.25, -0.2) is 4.79 Å². The highest BCUT2D eigenvalue weighted by molar-refractivity contribution is 5.72. The summed E-state index contributed by atoms with van der Waals surface area (Å²) in [6.45, 7) is 7.19. The van der Waals surface area contributed by atoms with Crippen LogP contribution >= 0.6 is 0 Å². The molecular formula is C19H29NO6. The first-order chi connectivity index (χ1) is 12.2. The first-order valence-electron chi connectivity index (χ1n) is 9.23. The van der Waals surface area contributed by atoms with Gasteiger partial charge in [0.25, 0.3) is 0 Å². The minimum Gasteiger partial charge on any atom is -0.481 e. The van der Waals surface area contributed by atoms with Crippen molar-refractivity contribution in [3.05, 3.63) is 11.6 Å². The van der Waals surface area contributed by atoms with Crippen LogP contribution in [0, 0.1) is 23.2 Å². The van der Waals surface area contributed by atoms with E-state index >= 15 is 0 Å². The van der Waals surface area contributed by atoms with Gasteiger partial charge in [-0.2, -0.15) is 0 Å². The second-order valence-corrected chi connectivity index (χ2v) is 7.72. The molecule has 4 atom stereocenters. The smallest absolute Gasteiger partial charge is 0.410 e. The van der Waals surface area contributed by atoms with E-state index < -0.39 is 29.7 Å². The van der Waals surface area contributed by atoms with Crippen LogP contribution < -0.4 is 5.32 Å². The van der Waals surface area contributed by atoms with Crippen molar-refractivity contribution >= 4 is 18.0 Å². The normalized spacial score (nSPS) is 27.8. The Hall–Kier alpha value is -2.05. The number of carboxylic acid groups (broad SMARTS) is 1. The maximum atomic E-state index is 12.0. The van der Waals surface area contributed by atoms with Crippen LogP contribution in [0.25, 0.3) is 0 Å². The Morgan fingerprint density at radius 3 is 2.58 bits per heavy atom. The van der Waals surface area contributed by atoms with E-state index in [0.717, 1.165) is 19.3 Å². The van der Waals surface area contributed by atoms with E-state index in [1.165, 1.54) is 12.5 Å². The number of carboxylic acids is 1. The molecule has 26 heavy (non-hydrogen) atoms. The molecule has 146 valence electrons. The number of nitrogens with one attached hydrogen (secondary N) is 1. The van der Waals surface area contributed by atoms with Gasteiger partial charge in [0.2, 0.25) is 6.29 Å². The number of hydrogen-bond donors (Lipinski definition) is 2. The van der Waals surface area contributed by atoms with Crippen molar-refractivity contribution in [1.29, 1.82) is 0 Å². The molecule has 0 aromatic heterocycles. The Bertz CT molecular complexity index is 599. The van der Waals surface area contributed by atoms with Crippen molar-refractivity contribution < 1.29 is 29.0 Å². The minimum atomic E-state index is -0.993. The van der Waals surface area contributed by atoms with Crippen molar-refractivity contribution in [1.82, 2.24) is 5.32 Å². The fourth-order valence-corrected chi connectivity index (χ4v) is 4.07. The SMILES string of the molecule is CCC1=C[C@H]2[C@@H](C1)C[C@@]2(CNC(=O)O[C@H](C)OC(=O)C(C)C)CC(=O)O. The standard InChI is InChI=1S/C19H29NO6/c1-5-13-6-14-8-19(9-16(21)22,15(14)7-13)10-20-18(24)26-12(4)25-17(23)11(2)3/h7,11-12,14-15H,5-6,8-10H2,1-4H3,(H,20,24)(H,21,22)/t12-,14+,15+,19+/m1/s1. The Morgan fingerprint density at radius 1 is 1.31 bits per heavy atom. The van der Waals surface area contributed by atoms with Crippen LogP contribution in [0.2, 0.25) is 0 Å². The topological polar surface area (TPSA) is 102 Å².